The number of benzene rings is 1. The summed E-state index contributed by atoms with van der Waals surface area (Å²) >= 11 is 3.37. The fourth-order valence-electron chi connectivity index (χ4n) is 1.69. The van der Waals surface area contributed by atoms with E-state index in [1.165, 1.54) is 0 Å². The lowest BCUT2D eigenvalue weighted by molar-refractivity contribution is -0.127. The molecule has 0 bridgehead atoms. The van der Waals surface area contributed by atoms with Crippen molar-refractivity contribution in [1.82, 2.24) is 5.32 Å². The molecule has 1 aromatic rings. The van der Waals surface area contributed by atoms with Gasteiger partial charge in [0.05, 0.1) is 5.69 Å². The Morgan fingerprint density at radius 2 is 2.22 bits per heavy atom. The molecule has 2 rings (SSSR count). The average Bonchev–Trinajstić information content (AvgIpc) is 3.06. The first kappa shape index (κ1) is 13.2. The molecule has 1 unspecified atom stereocenters. The van der Waals surface area contributed by atoms with Crippen LogP contribution in [0.3, 0.4) is 0 Å². The summed E-state index contributed by atoms with van der Waals surface area (Å²) in [5.74, 6) is 0.496. The number of nitrogens with two attached hydrogens (primary N) is 1. The van der Waals surface area contributed by atoms with Crippen LogP contribution in [0.5, 0.6) is 5.75 Å². The molecule has 1 atom stereocenters. The molecule has 1 fully saturated rings. The number of carbonyl (C=O) groups excluding carboxylic acids is 1. The molecule has 0 aliphatic heterocycles. The van der Waals surface area contributed by atoms with Gasteiger partial charge in [0.1, 0.15) is 5.75 Å². The van der Waals surface area contributed by atoms with E-state index in [0.717, 1.165) is 22.9 Å². The highest BCUT2D eigenvalue weighted by Gasteiger charge is 2.26. The molecule has 1 aliphatic rings. The highest BCUT2D eigenvalue weighted by Crippen LogP contribution is 2.31. The molecule has 0 spiro atoms. The summed E-state index contributed by atoms with van der Waals surface area (Å²) < 4.78 is 6.57. The van der Waals surface area contributed by atoms with Gasteiger partial charge in [0.2, 0.25) is 0 Å². The van der Waals surface area contributed by atoms with Gasteiger partial charge in [-0.05, 0) is 44.4 Å². The van der Waals surface area contributed by atoms with Gasteiger partial charge in [-0.1, -0.05) is 15.9 Å². The predicted octanol–water partition coefficient (Wildman–Crippen LogP) is 2.39. The number of aryl methyl sites for hydroxylation is 1. The molecule has 1 saturated carbocycles. The minimum atomic E-state index is -0.534. The van der Waals surface area contributed by atoms with Gasteiger partial charge in [0.25, 0.3) is 5.91 Å². The maximum atomic E-state index is 11.8. The summed E-state index contributed by atoms with van der Waals surface area (Å²) in [6.45, 7) is 3.64. The number of rotatable bonds is 4. The van der Waals surface area contributed by atoms with Gasteiger partial charge in [-0.25, -0.2) is 0 Å². The summed E-state index contributed by atoms with van der Waals surface area (Å²) in [6, 6.07) is 4.03. The van der Waals surface area contributed by atoms with Crippen LogP contribution in [0.25, 0.3) is 0 Å². The molecular formula is C13H17BrN2O2. The zero-order valence-corrected chi connectivity index (χ0v) is 12.1. The highest BCUT2D eigenvalue weighted by molar-refractivity contribution is 9.10. The lowest BCUT2D eigenvalue weighted by Crippen LogP contribution is -2.37. The Hall–Kier alpha value is -1.23. The SMILES string of the molecule is Cc1cc(Br)cc(N)c1OC(C)C(=O)NC1CC1. The number of anilines is 1. The normalized spacial score (nSPS) is 16.2. The number of nitrogens with one attached hydrogen (secondary N) is 1. The van der Waals surface area contributed by atoms with E-state index in [9.17, 15) is 4.79 Å². The van der Waals surface area contributed by atoms with Crippen molar-refractivity contribution in [3.8, 4) is 5.75 Å². The van der Waals surface area contributed by atoms with Gasteiger partial charge < -0.3 is 15.8 Å². The molecule has 0 heterocycles. The van der Waals surface area contributed by atoms with Crippen LogP contribution in [0.15, 0.2) is 16.6 Å². The average molecular weight is 313 g/mol. The maximum Gasteiger partial charge on any atom is 0.260 e. The van der Waals surface area contributed by atoms with Crippen LogP contribution in [0.2, 0.25) is 0 Å². The Balaban J connectivity index is 2.05. The number of nitrogen functional groups attached to an aromatic ring is 1. The fourth-order valence-corrected chi connectivity index (χ4v) is 2.28. The van der Waals surface area contributed by atoms with Crippen LogP contribution < -0.4 is 15.8 Å². The van der Waals surface area contributed by atoms with Gasteiger partial charge in [-0.15, -0.1) is 0 Å². The van der Waals surface area contributed by atoms with E-state index < -0.39 is 6.10 Å². The van der Waals surface area contributed by atoms with Crippen molar-refractivity contribution < 1.29 is 9.53 Å². The van der Waals surface area contributed by atoms with E-state index in [1.54, 1.807) is 13.0 Å². The smallest absolute Gasteiger partial charge is 0.260 e. The number of halogens is 1. The molecule has 0 radical (unpaired) electrons. The van der Waals surface area contributed by atoms with Gasteiger partial charge in [-0.2, -0.15) is 0 Å². The topological polar surface area (TPSA) is 64.3 Å². The molecule has 3 N–H and O–H groups in total. The number of carbonyl (C=O) groups is 1. The molecule has 1 aromatic carbocycles. The summed E-state index contributed by atoms with van der Waals surface area (Å²) in [5, 5.41) is 2.91. The molecule has 98 valence electrons. The van der Waals surface area contributed by atoms with Gasteiger partial charge in [0.15, 0.2) is 6.10 Å². The molecule has 0 aromatic heterocycles. The first-order valence-corrected chi connectivity index (χ1v) is 6.79. The summed E-state index contributed by atoms with van der Waals surface area (Å²) in [4.78, 5) is 11.8. The van der Waals surface area contributed by atoms with Gasteiger partial charge >= 0.3 is 0 Å². The van der Waals surface area contributed by atoms with Crippen molar-refractivity contribution in [2.75, 3.05) is 5.73 Å². The van der Waals surface area contributed by atoms with E-state index in [0.29, 0.717) is 17.5 Å². The third-order valence-electron chi connectivity index (χ3n) is 2.86. The lowest BCUT2D eigenvalue weighted by Gasteiger charge is -2.18. The third-order valence-corrected chi connectivity index (χ3v) is 3.31. The summed E-state index contributed by atoms with van der Waals surface area (Å²) in [5.41, 5.74) is 7.34. The third kappa shape index (κ3) is 3.16. The van der Waals surface area contributed by atoms with Crippen molar-refractivity contribution >= 4 is 27.5 Å². The predicted molar refractivity (Wildman–Crippen MR) is 74.5 cm³/mol. The number of hydrogen-bond donors (Lipinski definition) is 2. The number of amides is 1. The van der Waals surface area contributed by atoms with Crippen molar-refractivity contribution in [2.45, 2.75) is 38.8 Å². The fraction of sp³-hybridized carbons (Fsp3) is 0.462. The van der Waals surface area contributed by atoms with Crippen LogP contribution in [0.1, 0.15) is 25.3 Å². The molecule has 1 amide bonds. The second-order valence-corrected chi connectivity index (χ2v) is 5.60. The summed E-state index contributed by atoms with van der Waals surface area (Å²) in [7, 11) is 0. The van der Waals surface area contributed by atoms with Crippen LogP contribution in [-0.2, 0) is 4.79 Å². The van der Waals surface area contributed by atoms with Crippen molar-refractivity contribution in [3.05, 3.63) is 22.2 Å². The van der Waals surface area contributed by atoms with Gasteiger partial charge in [0, 0.05) is 10.5 Å². The largest absolute Gasteiger partial charge is 0.478 e. The van der Waals surface area contributed by atoms with Crippen LogP contribution in [0, 0.1) is 6.92 Å². The van der Waals surface area contributed by atoms with Crippen LogP contribution >= 0.6 is 15.9 Å². The Kier molecular flexibility index (Phi) is 3.80. The van der Waals surface area contributed by atoms with Crippen molar-refractivity contribution in [1.29, 1.82) is 0 Å². The number of ether oxygens (including phenoxy) is 1. The van der Waals surface area contributed by atoms with E-state index >= 15 is 0 Å². The highest BCUT2D eigenvalue weighted by atomic mass is 79.9. The minimum Gasteiger partial charge on any atom is -0.478 e. The molecule has 18 heavy (non-hydrogen) atoms. The van der Waals surface area contributed by atoms with E-state index in [4.69, 9.17) is 10.5 Å². The quantitative estimate of drug-likeness (QED) is 0.839. The second-order valence-electron chi connectivity index (χ2n) is 4.68. The van der Waals surface area contributed by atoms with E-state index in [-0.39, 0.29) is 5.91 Å². The first-order valence-electron chi connectivity index (χ1n) is 6.00. The zero-order valence-electron chi connectivity index (χ0n) is 10.5. The molecule has 4 nitrogen and oxygen atoms in total. The zero-order chi connectivity index (χ0) is 13.3. The van der Waals surface area contributed by atoms with Crippen molar-refractivity contribution in [3.63, 3.8) is 0 Å². The minimum absolute atomic E-state index is 0.0841. The standard InChI is InChI=1S/C13H17BrN2O2/c1-7-5-9(14)6-11(15)12(7)18-8(2)13(17)16-10-3-4-10/h5-6,8,10H,3-4,15H2,1-2H3,(H,16,17). The maximum absolute atomic E-state index is 11.8. The first-order chi connectivity index (χ1) is 8.47. The van der Waals surface area contributed by atoms with Crippen LogP contribution in [0.4, 0.5) is 5.69 Å². The lowest BCUT2D eigenvalue weighted by atomic mass is 10.2. The Labute approximate surface area is 115 Å². The molecular weight excluding hydrogens is 296 g/mol. The monoisotopic (exact) mass is 312 g/mol. The molecule has 0 saturated heterocycles. The Morgan fingerprint density at radius 1 is 1.56 bits per heavy atom. The Morgan fingerprint density at radius 3 is 2.78 bits per heavy atom. The summed E-state index contributed by atoms with van der Waals surface area (Å²) in [6.07, 6.45) is 1.60. The van der Waals surface area contributed by atoms with E-state index in [1.807, 2.05) is 13.0 Å². The van der Waals surface area contributed by atoms with Crippen molar-refractivity contribution in [2.24, 2.45) is 0 Å². The van der Waals surface area contributed by atoms with Crippen LogP contribution in [-0.4, -0.2) is 18.1 Å². The number of hydrogen-bond acceptors (Lipinski definition) is 3. The molecule has 5 heteroatoms. The van der Waals surface area contributed by atoms with Gasteiger partial charge in [-0.3, -0.25) is 4.79 Å². The molecule has 1 aliphatic carbocycles. The Bertz CT molecular complexity index is 449. The van der Waals surface area contributed by atoms with E-state index in [2.05, 4.69) is 21.2 Å². The second kappa shape index (κ2) is 5.18.